The van der Waals surface area contributed by atoms with Crippen molar-refractivity contribution in [3.8, 4) is 11.5 Å². The number of nitrogens with two attached hydrogens (primary N) is 1. The van der Waals surface area contributed by atoms with Crippen molar-refractivity contribution in [2.45, 2.75) is 19.4 Å². The normalized spacial score (nSPS) is 15.4. The van der Waals surface area contributed by atoms with Crippen molar-refractivity contribution in [3.05, 3.63) is 40.9 Å². The fraction of sp³-hybridized carbons (Fsp3) is 0.375. The summed E-state index contributed by atoms with van der Waals surface area (Å²) in [6.07, 6.45) is 2.62. The van der Waals surface area contributed by atoms with E-state index in [9.17, 15) is 14.4 Å². The van der Waals surface area contributed by atoms with Gasteiger partial charge in [0.2, 0.25) is 11.8 Å². The van der Waals surface area contributed by atoms with Crippen LogP contribution in [-0.2, 0) is 16.1 Å². The van der Waals surface area contributed by atoms with E-state index < -0.39 is 0 Å². The SMILES string of the molecule is NC(=O)C1CCN(C(=O)Cn2nc(-c3ccco3)ccc2=O)CC1. The Morgan fingerprint density at radius 3 is 2.62 bits per heavy atom. The third-order valence-corrected chi connectivity index (χ3v) is 4.18. The summed E-state index contributed by atoms with van der Waals surface area (Å²) in [5.41, 5.74) is 5.42. The monoisotopic (exact) mass is 330 g/mol. The zero-order valence-corrected chi connectivity index (χ0v) is 13.1. The first-order chi connectivity index (χ1) is 11.5. The largest absolute Gasteiger partial charge is 0.463 e. The molecule has 0 unspecified atom stereocenters. The average molecular weight is 330 g/mol. The van der Waals surface area contributed by atoms with E-state index in [4.69, 9.17) is 10.2 Å². The van der Waals surface area contributed by atoms with Crippen molar-refractivity contribution in [1.29, 1.82) is 0 Å². The molecule has 1 aliphatic heterocycles. The maximum Gasteiger partial charge on any atom is 0.267 e. The lowest BCUT2D eigenvalue weighted by Gasteiger charge is -2.30. The summed E-state index contributed by atoms with van der Waals surface area (Å²) in [4.78, 5) is 37.1. The van der Waals surface area contributed by atoms with Gasteiger partial charge in [-0.1, -0.05) is 0 Å². The molecule has 1 saturated heterocycles. The van der Waals surface area contributed by atoms with Gasteiger partial charge in [-0.05, 0) is 31.0 Å². The molecule has 2 amide bonds. The quantitative estimate of drug-likeness (QED) is 0.862. The molecule has 3 heterocycles. The van der Waals surface area contributed by atoms with Crippen LogP contribution in [0.1, 0.15) is 12.8 Å². The summed E-state index contributed by atoms with van der Waals surface area (Å²) in [6, 6.07) is 6.37. The van der Waals surface area contributed by atoms with Crippen molar-refractivity contribution in [1.82, 2.24) is 14.7 Å². The highest BCUT2D eigenvalue weighted by Gasteiger charge is 2.26. The second-order valence-corrected chi connectivity index (χ2v) is 5.75. The van der Waals surface area contributed by atoms with Crippen molar-refractivity contribution in [3.63, 3.8) is 0 Å². The number of amides is 2. The molecule has 2 aromatic heterocycles. The molecule has 0 bridgehead atoms. The van der Waals surface area contributed by atoms with E-state index in [2.05, 4.69) is 5.10 Å². The molecule has 0 aromatic carbocycles. The maximum atomic E-state index is 12.4. The predicted molar refractivity (Wildman–Crippen MR) is 84.7 cm³/mol. The van der Waals surface area contributed by atoms with Gasteiger partial charge in [0.1, 0.15) is 12.2 Å². The first kappa shape index (κ1) is 16.0. The number of nitrogens with zero attached hydrogens (tertiary/aromatic N) is 3. The first-order valence-corrected chi connectivity index (χ1v) is 7.74. The summed E-state index contributed by atoms with van der Waals surface area (Å²) < 4.78 is 6.38. The lowest BCUT2D eigenvalue weighted by molar-refractivity contribution is -0.135. The number of carbonyl (C=O) groups is 2. The minimum Gasteiger partial charge on any atom is -0.463 e. The van der Waals surface area contributed by atoms with E-state index in [0.717, 1.165) is 4.68 Å². The van der Waals surface area contributed by atoms with Gasteiger partial charge in [0.15, 0.2) is 5.76 Å². The van der Waals surface area contributed by atoms with Crippen molar-refractivity contribution in [2.24, 2.45) is 11.7 Å². The van der Waals surface area contributed by atoms with Crippen LogP contribution < -0.4 is 11.3 Å². The van der Waals surface area contributed by atoms with Crippen molar-refractivity contribution < 1.29 is 14.0 Å². The number of aromatic nitrogens is 2. The lowest BCUT2D eigenvalue weighted by Crippen LogP contribution is -2.44. The number of hydrogen-bond acceptors (Lipinski definition) is 5. The molecule has 126 valence electrons. The highest BCUT2D eigenvalue weighted by molar-refractivity contribution is 5.78. The van der Waals surface area contributed by atoms with Crippen LogP contribution in [-0.4, -0.2) is 39.6 Å². The fourth-order valence-corrected chi connectivity index (χ4v) is 2.76. The van der Waals surface area contributed by atoms with Crippen molar-refractivity contribution >= 4 is 11.8 Å². The van der Waals surface area contributed by atoms with Crippen LogP contribution in [0.2, 0.25) is 0 Å². The molecule has 0 atom stereocenters. The molecule has 2 aromatic rings. The summed E-state index contributed by atoms with van der Waals surface area (Å²) in [5.74, 6) is -0.189. The maximum absolute atomic E-state index is 12.4. The Hall–Kier alpha value is -2.90. The summed E-state index contributed by atoms with van der Waals surface area (Å²) in [7, 11) is 0. The van der Waals surface area contributed by atoms with Gasteiger partial charge in [-0.2, -0.15) is 5.10 Å². The molecule has 8 heteroatoms. The fourth-order valence-electron chi connectivity index (χ4n) is 2.76. The summed E-state index contributed by atoms with van der Waals surface area (Å²) >= 11 is 0. The van der Waals surface area contributed by atoms with Gasteiger partial charge in [0, 0.05) is 25.1 Å². The van der Waals surface area contributed by atoms with E-state index in [1.807, 2.05) is 0 Å². The van der Waals surface area contributed by atoms with Gasteiger partial charge < -0.3 is 15.1 Å². The van der Waals surface area contributed by atoms with Crippen LogP contribution >= 0.6 is 0 Å². The van der Waals surface area contributed by atoms with Crippen LogP contribution in [0.15, 0.2) is 39.7 Å². The van der Waals surface area contributed by atoms with Gasteiger partial charge in [0.05, 0.1) is 6.26 Å². The zero-order valence-electron chi connectivity index (χ0n) is 13.1. The molecule has 0 spiro atoms. The van der Waals surface area contributed by atoms with E-state index in [0.29, 0.717) is 37.4 Å². The number of piperidine rings is 1. The van der Waals surface area contributed by atoms with E-state index in [-0.39, 0.29) is 29.8 Å². The number of furan rings is 1. The van der Waals surface area contributed by atoms with Crippen LogP contribution in [0.25, 0.3) is 11.5 Å². The molecule has 0 radical (unpaired) electrons. The molecule has 2 N–H and O–H groups in total. The topological polar surface area (TPSA) is 111 Å². The number of primary amides is 1. The Balaban J connectivity index is 1.70. The molecular formula is C16H18N4O4. The van der Waals surface area contributed by atoms with Gasteiger partial charge >= 0.3 is 0 Å². The van der Waals surface area contributed by atoms with Gasteiger partial charge in [-0.3, -0.25) is 14.4 Å². The van der Waals surface area contributed by atoms with Crippen LogP contribution in [0.3, 0.4) is 0 Å². The summed E-state index contributed by atoms with van der Waals surface area (Å²) in [5, 5.41) is 4.18. The van der Waals surface area contributed by atoms with Crippen LogP contribution in [0.5, 0.6) is 0 Å². The van der Waals surface area contributed by atoms with E-state index in [1.165, 1.54) is 12.3 Å². The molecule has 0 saturated carbocycles. The Bertz CT molecular complexity index is 789. The lowest BCUT2D eigenvalue weighted by atomic mass is 9.96. The molecular weight excluding hydrogens is 312 g/mol. The zero-order chi connectivity index (χ0) is 17.1. The van der Waals surface area contributed by atoms with E-state index in [1.54, 1.807) is 23.1 Å². The highest BCUT2D eigenvalue weighted by Crippen LogP contribution is 2.17. The van der Waals surface area contributed by atoms with Gasteiger partial charge in [-0.15, -0.1) is 0 Å². The Morgan fingerprint density at radius 2 is 2.00 bits per heavy atom. The number of rotatable bonds is 4. The van der Waals surface area contributed by atoms with Crippen LogP contribution in [0.4, 0.5) is 0 Å². The van der Waals surface area contributed by atoms with Gasteiger partial charge in [-0.25, -0.2) is 4.68 Å². The molecule has 3 rings (SSSR count). The van der Waals surface area contributed by atoms with Crippen molar-refractivity contribution in [2.75, 3.05) is 13.1 Å². The van der Waals surface area contributed by atoms with E-state index >= 15 is 0 Å². The Morgan fingerprint density at radius 1 is 1.25 bits per heavy atom. The predicted octanol–water partition coefficient (Wildman–Crippen LogP) is 0.227. The van der Waals surface area contributed by atoms with Gasteiger partial charge in [0.25, 0.3) is 5.56 Å². The summed E-state index contributed by atoms with van der Waals surface area (Å²) in [6.45, 7) is 0.771. The smallest absolute Gasteiger partial charge is 0.267 e. The molecule has 8 nitrogen and oxygen atoms in total. The minimum absolute atomic E-state index is 0.144. The number of carbonyl (C=O) groups excluding carboxylic acids is 2. The highest BCUT2D eigenvalue weighted by atomic mass is 16.3. The number of likely N-dealkylation sites (tertiary alicyclic amines) is 1. The standard InChI is InChI=1S/C16H18N4O4/c17-16(23)11-5-7-19(8-6-11)15(22)10-20-14(21)4-3-12(18-20)13-2-1-9-24-13/h1-4,9,11H,5-8,10H2,(H2,17,23). The number of hydrogen-bond donors (Lipinski definition) is 1. The minimum atomic E-state index is -0.356. The first-order valence-electron chi connectivity index (χ1n) is 7.74. The average Bonchev–Trinajstić information content (AvgIpc) is 3.11. The second kappa shape index (κ2) is 6.69. The third-order valence-electron chi connectivity index (χ3n) is 4.18. The molecule has 24 heavy (non-hydrogen) atoms. The van der Waals surface area contributed by atoms with Crippen LogP contribution in [0, 0.1) is 5.92 Å². The molecule has 0 aliphatic carbocycles. The Labute approximate surface area is 137 Å². The Kier molecular flexibility index (Phi) is 4.45. The molecule has 1 aliphatic rings. The molecule has 1 fully saturated rings. The third kappa shape index (κ3) is 3.37. The second-order valence-electron chi connectivity index (χ2n) is 5.75.